The normalized spacial score (nSPS) is 15.4. The predicted octanol–water partition coefficient (Wildman–Crippen LogP) is 7.93. The van der Waals surface area contributed by atoms with Gasteiger partial charge in [-0.2, -0.15) is 16.2 Å². The molecule has 0 radical (unpaired) electrons. The number of imide groups is 1. The van der Waals surface area contributed by atoms with E-state index in [4.69, 9.17) is 18.9 Å². The highest BCUT2D eigenvalue weighted by molar-refractivity contribution is 7.08. The Bertz CT molecular complexity index is 1970. The van der Waals surface area contributed by atoms with Crippen LogP contribution >= 0.6 is 11.3 Å². The number of esters is 1. The molecule has 2 aromatic heterocycles. The summed E-state index contributed by atoms with van der Waals surface area (Å²) in [5.41, 5.74) is 2.48. The van der Waals surface area contributed by atoms with Crippen LogP contribution in [0.2, 0.25) is 0 Å². The molecule has 0 saturated carbocycles. The van der Waals surface area contributed by atoms with E-state index in [0.717, 1.165) is 28.0 Å². The number of nitrogens with zero attached hydrogens (tertiary/aromatic N) is 3. The Morgan fingerprint density at radius 2 is 1.68 bits per heavy atom. The minimum Gasteiger partial charge on any atom is -0.488 e. The second-order valence-corrected chi connectivity index (χ2v) is 14.9. The van der Waals surface area contributed by atoms with Crippen molar-refractivity contribution in [3.05, 3.63) is 64.5 Å². The van der Waals surface area contributed by atoms with Crippen molar-refractivity contribution in [1.82, 2.24) is 4.98 Å². The molecule has 1 N–H and O–H groups in total. The first-order valence-corrected chi connectivity index (χ1v) is 17.2. The maximum Gasteiger partial charge on any atom is 0.425 e. The van der Waals surface area contributed by atoms with Crippen molar-refractivity contribution in [3.63, 3.8) is 0 Å². The van der Waals surface area contributed by atoms with Crippen molar-refractivity contribution >= 4 is 63.4 Å². The molecule has 0 spiro atoms. The largest absolute Gasteiger partial charge is 0.488 e. The van der Waals surface area contributed by atoms with Crippen LogP contribution in [0.1, 0.15) is 70.3 Å². The van der Waals surface area contributed by atoms with Gasteiger partial charge in [0.05, 0.1) is 18.4 Å². The van der Waals surface area contributed by atoms with E-state index in [9.17, 15) is 19.2 Å². The second-order valence-electron chi connectivity index (χ2n) is 14.2. The summed E-state index contributed by atoms with van der Waals surface area (Å²) < 4.78 is 22.3. The average Bonchev–Trinajstić information content (AvgIpc) is 3.72. The lowest BCUT2D eigenvalue weighted by molar-refractivity contribution is -0.141. The fourth-order valence-electron chi connectivity index (χ4n) is 6.06. The highest BCUT2D eigenvalue weighted by atomic mass is 32.1. The maximum absolute atomic E-state index is 14.2. The predicted molar refractivity (Wildman–Crippen MR) is 191 cm³/mol. The van der Waals surface area contributed by atoms with Crippen LogP contribution in [0.5, 0.6) is 5.75 Å². The van der Waals surface area contributed by atoms with E-state index < -0.39 is 35.3 Å². The first-order valence-electron chi connectivity index (χ1n) is 16.3. The highest BCUT2D eigenvalue weighted by Gasteiger charge is 2.37. The van der Waals surface area contributed by atoms with Crippen molar-refractivity contribution in [3.8, 4) is 16.9 Å². The van der Waals surface area contributed by atoms with Gasteiger partial charge >= 0.3 is 18.2 Å². The SMILES string of the molecule is COC(=O)[C@H]1CCCN1c1cc2c(cc1C(=O)Nc1ccc3c(N(C(=O)OC(C)(C)C)C(=O)OC(C)(C)C)nccc3c1)-c1cscc1CO2. The van der Waals surface area contributed by atoms with Crippen molar-refractivity contribution in [2.45, 2.75) is 78.2 Å². The van der Waals surface area contributed by atoms with Crippen LogP contribution in [0.25, 0.3) is 21.9 Å². The lowest BCUT2D eigenvalue weighted by Crippen LogP contribution is -2.44. The number of anilines is 3. The number of hydrogen-bond acceptors (Lipinski definition) is 11. The zero-order chi connectivity index (χ0) is 36.0. The van der Waals surface area contributed by atoms with E-state index in [0.29, 0.717) is 53.0 Å². The molecule has 0 unspecified atom stereocenters. The van der Waals surface area contributed by atoms with Crippen molar-refractivity contribution in [2.24, 2.45) is 0 Å². The number of carbonyl (C=O) groups is 4. The van der Waals surface area contributed by atoms with Gasteiger partial charge in [-0.05, 0) is 101 Å². The third-order valence-electron chi connectivity index (χ3n) is 8.16. The summed E-state index contributed by atoms with van der Waals surface area (Å²) in [5.74, 6) is -0.0877. The number of ether oxygens (including phenoxy) is 4. The van der Waals surface area contributed by atoms with E-state index in [-0.39, 0.29) is 11.8 Å². The van der Waals surface area contributed by atoms with E-state index in [1.54, 1.807) is 77.1 Å². The molecule has 1 fully saturated rings. The van der Waals surface area contributed by atoms with Gasteiger partial charge in [-0.25, -0.2) is 19.4 Å². The van der Waals surface area contributed by atoms with E-state index in [1.165, 1.54) is 13.3 Å². The Morgan fingerprint density at radius 1 is 0.960 bits per heavy atom. The minimum atomic E-state index is -0.936. The summed E-state index contributed by atoms with van der Waals surface area (Å²) in [5, 5.41) is 8.14. The lowest BCUT2D eigenvalue weighted by Gasteiger charge is -2.29. The monoisotopic (exact) mass is 700 g/mol. The van der Waals surface area contributed by atoms with Crippen molar-refractivity contribution in [2.75, 3.05) is 28.8 Å². The molecule has 13 heteroatoms. The molecule has 4 heterocycles. The summed E-state index contributed by atoms with van der Waals surface area (Å²) in [6.45, 7) is 11.2. The third kappa shape index (κ3) is 7.09. The Labute approximate surface area is 294 Å². The average molecular weight is 701 g/mol. The molecule has 12 nitrogen and oxygen atoms in total. The Kier molecular flexibility index (Phi) is 9.21. The van der Waals surface area contributed by atoms with Crippen LogP contribution < -0.4 is 19.9 Å². The molecule has 262 valence electrons. The van der Waals surface area contributed by atoms with Crippen LogP contribution in [0, 0.1) is 0 Å². The molecule has 3 amide bonds. The molecular formula is C37H40N4O8S. The molecule has 2 aliphatic rings. The molecule has 1 atom stereocenters. The number of thiophene rings is 1. The summed E-state index contributed by atoms with van der Waals surface area (Å²) in [4.78, 5) is 60.7. The number of amides is 3. The first kappa shape index (κ1) is 34.7. The number of benzene rings is 2. The zero-order valence-electron chi connectivity index (χ0n) is 29.1. The minimum absolute atomic E-state index is 0.0234. The van der Waals surface area contributed by atoms with E-state index in [1.807, 2.05) is 27.8 Å². The van der Waals surface area contributed by atoms with Crippen LogP contribution in [-0.4, -0.2) is 59.9 Å². The number of nitrogens with one attached hydrogen (secondary N) is 1. The van der Waals surface area contributed by atoms with Gasteiger partial charge in [-0.15, -0.1) is 0 Å². The number of rotatable bonds is 5. The van der Waals surface area contributed by atoms with Crippen molar-refractivity contribution in [1.29, 1.82) is 0 Å². The Morgan fingerprint density at radius 3 is 2.36 bits per heavy atom. The highest BCUT2D eigenvalue weighted by Crippen LogP contribution is 2.44. The lowest BCUT2D eigenvalue weighted by atomic mass is 9.97. The van der Waals surface area contributed by atoms with Gasteiger partial charge in [-0.3, -0.25) is 4.79 Å². The number of carbonyl (C=O) groups excluding carboxylic acids is 4. The molecule has 2 aromatic carbocycles. The van der Waals surface area contributed by atoms with Gasteiger partial charge in [0.15, 0.2) is 5.82 Å². The van der Waals surface area contributed by atoms with Crippen LogP contribution in [0.15, 0.2) is 53.4 Å². The number of pyridine rings is 1. The fourth-order valence-corrected chi connectivity index (χ4v) is 6.90. The van der Waals surface area contributed by atoms with E-state index >= 15 is 0 Å². The van der Waals surface area contributed by atoms with Crippen LogP contribution in [0.4, 0.5) is 26.8 Å². The second kappa shape index (κ2) is 13.3. The van der Waals surface area contributed by atoms with Gasteiger partial charge in [0.1, 0.15) is 29.6 Å². The molecular weight excluding hydrogens is 660 g/mol. The molecule has 6 rings (SSSR count). The van der Waals surface area contributed by atoms with Gasteiger partial charge in [0.2, 0.25) is 0 Å². The standard InChI is InChI=1S/C37H40N4O8S/c1-36(2,3)48-34(44)41(35(45)49-37(4,5)6)31-24-11-10-23(15-21(24)12-13-38-31)39-32(42)26-16-25-27-20-50-19-22(27)18-47-30(25)17-29(26)40-14-8-9-28(40)33(43)46-7/h10-13,15-17,19-20,28H,8-9,14,18H2,1-7H3,(H,39,42)/t28-/m1/s1. The summed E-state index contributed by atoms with van der Waals surface area (Å²) in [6, 6.07) is 9.90. The first-order chi connectivity index (χ1) is 23.6. The molecule has 0 aliphatic carbocycles. The fraction of sp³-hybridized carbons (Fsp3) is 0.378. The number of aromatic nitrogens is 1. The van der Waals surface area contributed by atoms with Crippen LogP contribution in [0.3, 0.4) is 0 Å². The van der Waals surface area contributed by atoms with Crippen LogP contribution in [-0.2, 0) is 25.6 Å². The molecule has 4 aromatic rings. The molecule has 2 aliphatic heterocycles. The summed E-state index contributed by atoms with van der Waals surface area (Å²) >= 11 is 1.57. The van der Waals surface area contributed by atoms with E-state index in [2.05, 4.69) is 10.3 Å². The molecule has 50 heavy (non-hydrogen) atoms. The summed E-state index contributed by atoms with van der Waals surface area (Å²) in [6.07, 6.45) is 0.956. The van der Waals surface area contributed by atoms with Gasteiger partial charge in [0, 0.05) is 46.6 Å². The van der Waals surface area contributed by atoms with Gasteiger partial charge in [-0.1, -0.05) is 0 Å². The topological polar surface area (TPSA) is 137 Å². The number of methoxy groups -OCH3 is 1. The molecule has 1 saturated heterocycles. The summed E-state index contributed by atoms with van der Waals surface area (Å²) in [7, 11) is 1.36. The van der Waals surface area contributed by atoms with Gasteiger partial charge < -0.3 is 29.2 Å². The Hall–Kier alpha value is -5.17. The Balaban J connectivity index is 1.37. The maximum atomic E-state index is 14.2. The van der Waals surface area contributed by atoms with Gasteiger partial charge in [0.25, 0.3) is 5.91 Å². The smallest absolute Gasteiger partial charge is 0.425 e. The number of fused-ring (bicyclic) bond motifs is 4. The quantitative estimate of drug-likeness (QED) is 0.161. The molecule has 0 bridgehead atoms. The van der Waals surface area contributed by atoms with Crippen molar-refractivity contribution < 1.29 is 38.1 Å². The number of hydrogen-bond donors (Lipinski definition) is 1. The zero-order valence-corrected chi connectivity index (χ0v) is 29.9. The third-order valence-corrected chi connectivity index (χ3v) is 8.95.